The zero-order chi connectivity index (χ0) is 37.6. The Bertz CT molecular complexity index is 1910. The van der Waals surface area contributed by atoms with Crippen molar-refractivity contribution in [1.29, 1.82) is 0 Å². The van der Waals surface area contributed by atoms with Crippen molar-refractivity contribution >= 4 is 47.0 Å². The molecule has 4 aromatic rings. The van der Waals surface area contributed by atoms with Gasteiger partial charge in [-0.3, -0.25) is 14.9 Å². The topological polar surface area (TPSA) is 178 Å². The molecule has 2 N–H and O–H groups in total. The number of amides is 2. The van der Waals surface area contributed by atoms with Gasteiger partial charge in [-0.2, -0.15) is 4.98 Å². The van der Waals surface area contributed by atoms with Crippen LogP contribution in [0.3, 0.4) is 0 Å². The van der Waals surface area contributed by atoms with E-state index in [4.69, 9.17) is 33.8 Å². The number of urea groups is 1. The summed E-state index contributed by atoms with van der Waals surface area (Å²) in [5, 5.41) is 5.35. The first-order chi connectivity index (χ1) is 25.7. The molecule has 0 aliphatic carbocycles. The fourth-order valence-electron chi connectivity index (χ4n) is 7.27. The second-order valence-corrected chi connectivity index (χ2v) is 13.6. The number of nitrogens with zero attached hydrogens (tertiary/aromatic N) is 7. The molecule has 2 fully saturated rings. The quantitative estimate of drug-likeness (QED) is 0.151. The van der Waals surface area contributed by atoms with E-state index in [1.165, 1.54) is 0 Å². The zero-order valence-electron chi connectivity index (χ0n) is 31.2. The lowest BCUT2D eigenvalue weighted by Crippen LogP contribution is -2.45. The Morgan fingerprint density at radius 3 is 1.68 bits per heavy atom. The summed E-state index contributed by atoms with van der Waals surface area (Å²) in [7, 11) is 0. The minimum Gasteiger partial charge on any atom is -0.466 e. The largest absolute Gasteiger partial charge is 0.466 e. The van der Waals surface area contributed by atoms with E-state index in [0.717, 1.165) is 24.0 Å². The average Bonchev–Trinajstić information content (AvgIpc) is 3.60. The van der Waals surface area contributed by atoms with Crippen LogP contribution in [0.5, 0.6) is 0 Å². The summed E-state index contributed by atoms with van der Waals surface area (Å²) in [6, 6.07) is 3.45. The van der Waals surface area contributed by atoms with E-state index in [1.54, 1.807) is 24.8 Å². The molecule has 5 heterocycles. The molecular formula is C38H53N9O6. The van der Waals surface area contributed by atoms with Crippen molar-refractivity contribution in [2.45, 2.75) is 73.1 Å². The van der Waals surface area contributed by atoms with E-state index in [9.17, 15) is 14.4 Å². The van der Waals surface area contributed by atoms with Crippen LogP contribution in [0.15, 0.2) is 41.3 Å². The van der Waals surface area contributed by atoms with Gasteiger partial charge in [0.2, 0.25) is 11.9 Å². The van der Waals surface area contributed by atoms with Crippen LogP contribution < -0.4 is 20.4 Å². The van der Waals surface area contributed by atoms with Gasteiger partial charge in [-0.05, 0) is 77.0 Å². The maximum Gasteiger partial charge on any atom is 0.322 e. The summed E-state index contributed by atoms with van der Waals surface area (Å²) in [6.07, 6.45) is 11.2. The SMILES string of the molecule is CCNC(=O)Nc1nc2cc(-c3cnc(N4CCC(CC)(C(=O)OCC)CC4)nc3)cc(-c3cnc(N4CCC(CC)(C(=O)OCC)CC4)nc3)c2o1.[HH].[HH]. The molecule has 15 heteroatoms. The molecule has 53 heavy (non-hydrogen) atoms. The van der Waals surface area contributed by atoms with Crippen LogP contribution in [0.2, 0.25) is 0 Å². The third kappa shape index (κ3) is 7.74. The minimum atomic E-state index is -0.481. The highest BCUT2D eigenvalue weighted by molar-refractivity contribution is 5.96. The molecular weight excluding hydrogens is 678 g/mol. The van der Waals surface area contributed by atoms with E-state index in [2.05, 4.69) is 25.4 Å². The number of oxazole rings is 1. The molecule has 0 bridgehead atoms. The van der Waals surface area contributed by atoms with E-state index in [-0.39, 0.29) is 20.8 Å². The average molecular weight is 732 g/mol. The summed E-state index contributed by atoms with van der Waals surface area (Å²) >= 11 is 0. The van der Waals surface area contributed by atoms with Gasteiger partial charge in [-0.25, -0.2) is 24.7 Å². The van der Waals surface area contributed by atoms with E-state index < -0.39 is 16.9 Å². The molecule has 2 aliphatic heterocycles. The number of piperidine rings is 2. The van der Waals surface area contributed by atoms with Gasteiger partial charge in [0, 0.05) is 77.1 Å². The number of hydrogen-bond donors (Lipinski definition) is 2. The first-order valence-corrected chi connectivity index (χ1v) is 18.7. The highest BCUT2D eigenvalue weighted by atomic mass is 16.5. The van der Waals surface area contributed by atoms with E-state index >= 15 is 0 Å². The number of anilines is 3. The highest BCUT2D eigenvalue weighted by Crippen LogP contribution is 2.40. The number of nitrogens with one attached hydrogen (secondary N) is 2. The molecule has 2 aliphatic rings. The first-order valence-electron chi connectivity index (χ1n) is 18.7. The second-order valence-electron chi connectivity index (χ2n) is 13.6. The lowest BCUT2D eigenvalue weighted by Gasteiger charge is -2.39. The number of carbonyl (C=O) groups is 3. The standard InChI is InChI=1S/C38H49N9O6.2H2/c1-6-37(31(48)51-9-4)11-15-46(16-12-37)33-40-21-26(22-41-33)25-19-28(30-29(20-25)44-36(53-30)45-35(50)39-8-3)27-23-42-34(43-24-27)47-17-13-38(7-2,14-18-47)32(49)52-10-5;;/h19-24H,6-18H2,1-5H3,(H2,39,44,45,50);2*1H. The van der Waals surface area contributed by atoms with E-state index in [1.807, 2.05) is 46.8 Å². The molecule has 1 aromatic carbocycles. The number of carbonyl (C=O) groups excluding carboxylic acids is 3. The number of ether oxygens (including phenoxy) is 2. The van der Waals surface area contributed by atoms with Crippen LogP contribution >= 0.6 is 0 Å². The van der Waals surface area contributed by atoms with Crippen LogP contribution in [0.25, 0.3) is 33.4 Å². The molecule has 15 nitrogen and oxygen atoms in total. The normalized spacial score (nSPS) is 16.6. The summed E-state index contributed by atoms with van der Waals surface area (Å²) in [5.74, 6) is 0.919. The zero-order valence-corrected chi connectivity index (χ0v) is 31.2. The smallest absolute Gasteiger partial charge is 0.322 e. The molecule has 0 spiro atoms. The lowest BCUT2D eigenvalue weighted by molar-refractivity contribution is -0.158. The Morgan fingerprint density at radius 1 is 0.736 bits per heavy atom. The summed E-state index contributed by atoms with van der Waals surface area (Å²) < 4.78 is 16.9. The Labute approximate surface area is 312 Å². The van der Waals surface area contributed by atoms with Gasteiger partial charge in [0.1, 0.15) is 5.52 Å². The van der Waals surface area contributed by atoms with Crippen molar-refractivity contribution in [1.82, 2.24) is 30.2 Å². The van der Waals surface area contributed by atoms with Crippen LogP contribution in [-0.2, 0) is 19.1 Å². The molecule has 0 atom stereocenters. The minimum absolute atomic E-state index is 0. The van der Waals surface area contributed by atoms with Gasteiger partial charge in [-0.15, -0.1) is 0 Å². The van der Waals surface area contributed by atoms with Crippen molar-refractivity contribution in [2.24, 2.45) is 10.8 Å². The van der Waals surface area contributed by atoms with Crippen molar-refractivity contribution < 1.29 is 31.1 Å². The molecule has 0 unspecified atom stereocenters. The number of rotatable bonds is 12. The molecule has 0 saturated carbocycles. The first kappa shape index (κ1) is 37.4. The second kappa shape index (κ2) is 16.1. The predicted octanol–water partition coefficient (Wildman–Crippen LogP) is 6.49. The Balaban J connectivity index is 0.00000336. The molecule has 0 radical (unpaired) electrons. The van der Waals surface area contributed by atoms with Crippen molar-refractivity contribution in [3.05, 3.63) is 36.9 Å². The van der Waals surface area contributed by atoms with Crippen LogP contribution in [0, 0.1) is 10.8 Å². The summed E-state index contributed by atoms with van der Waals surface area (Å²) in [4.78, 5) is 65.4. The van der Waals surface area contributed by atoms with Crippen molar-refractivity contribution in [2.75, 3.05) is 61.1 Å². The molecule has 286 valence electrons. The number of fused-ring (bicyclic) bond motifs is 1. The molecule has 3 aromatic heterocycles. The molecule has 6 rings (SSSR count). The Hall–Kier alpha value is -5.34. The maximum absolute atomic E-state index is 12.7. The third-order valence-corrected chi connectivity index (χ3v) is 10.7. The monoisotopic (exact) mass is 731 g/mol. The van der Waals surface area contributed by atoms with Gasteiger partial charge in [0.25, 0.3) is 0 Å². The summed E-state index contributed by atoms with van der Waals surface area (Å²) in [6.45, 7) is 13.3. The third-order valence-electron chi connectivity index (χ3n) is 10.7. The molecule has 2 saturated heterocycles. The highest BCUT2D eigenvalue weighted by Gasteiger charge is 2.42. The van der Waals surface area contributed by atoms with Gasteiger partial charge in [-0.1, -0.05) is 13.8 Å². The number of aromatic nitrogens is 5. The van der Waals surface area contributed by atoms with Crippen molar-refractivity contribution in [3.63, 3.8) is 0 Å². The number of benzene rings is 1. The lowest BCUT2D eigenvalue weighted by atomic mass is 9.76. The van der Waals surface area contributed by atoms with Crippen LogP contribution in [-0.4, -0.2) is 88.8 Å². The Morgan fingerprint density at radius 2 is 1.23 bits per heavy atom. The maximum atomic E-state index is 12.7. The van der Waals surface area contributed by atoms with Gasteiger partial charge in [0.15, 0.2) is 5.58 Å². The summed E-state index contributed by atoms with van der Waals surface area (Å²) in [5.41, 5.74) is 2.96. The van der Waals surface area contributed by atoms with Gasteiger partial charge >= 0.3 is 24.0 Å². The fourth-order valence-corrected chi connectivity index (χ4v) is 7.27. The molecule has 2 amide bonds. The number of hydrogen-bond acceptors (Lipinski definition) is 13. The predicted molar refractivity (Wildman–Crippen MR) is 205 cm³/mol. The van der Waals surface area contributed by atoms with E-state index in [0.29, 0.717) is 106 Å². The van der Waals surface area contributed by atoms with Crippen LogP contribution in [0.1, 0.15) is 76.0 Å². The van der Waals surface area contributed by atoms with Crippen LogP contribution in [0.4, 0.5) is 22.7 Å². The van der Waals surface area contributed by atoms with Gasteiger partial charge < -0.3 is 29.0 Å². The van der Waals surface area contributed by atoms with Gasteiger partial charge in [0.05, 0.1) is 24.0 Å². The Kier molecular flexibility index (Phi) is 11.4. The fraction of sp³-hybridized carbons (Fsp3) is 0.526. The number of esters is 2. The van der Waals surface area contributed by atoms with Crippen molar-refractivity contribution in [3.8, 4) is 22.3 Å².